The predicted octanol–water partition coefficient (Wildman–Crippen LogP) is 4.14. The largest absolute Gasteiger partial charge is 0.347 e. The molecule has 4 rings (SSSR count). The normalized spacial score (nSPS) is 10.8. The number of aromatic nitrogens is 2. The van der Waals surface area contributed by atoms with E-state index in [4.69, 9.17) is 4.52 Å². The van der Waals surface area contributed by atoms with Gasteiger partial charge in [-0.15, -0.1) is 0 Å². The molecule has 0 radical (unpaired) electrons. The molecule has 4 aromatic rings. The Hall–Kier alpha value is -3.47. The Morgan fingerprint density at radius 1 is 0.926 bits per heavy atom. The van der Waals surface area contributed by atoms with Crippen molar-refractivity contribution in [3.05, 3.63) is 84.3 Å². The zero-order chi connectivity index (χ0) is 18.5. The number of hydrogen-bond donors (Lipinski definition) is 1. The van der Waals surface area contributed by atoms with Crippen LogP contribution in [0.2, 0.25) is 0 Å². The number of hydrogen-bond acceptors (Lipinski definition) is 4. The molecule has 5 nitrogen and oxygen atoms in total. The molecule has 1 N–H and O–H groups in total. The molecule has 134 valence electrons. The maximum Gasteiger partial charge on any atom is 0.246 e. The van der Waals surface area contributed by atoms with Crippen molar-refractivity contribution < 1.29 is 9.32 Å². The first-order chi connectivity index (χ1) is 13.3. The van der Waals surface area contributed by atoms with Crippen LogP contribution in [0, 0.1) is 0 Å². The average Bonchev–Trinajstić information content (AvgIpc) is 3.20. The zero-order valence-electron chi connectivity index (χ0n) is 14.8. The molecule has 0 bridgehead atoms. The fourth-order valence-electron chi connectivity index (χ4n) is 3.05. The molecule has 0 aliphatic carbocycles. The van der Waals surface area contributed by atoms with Gasteiger partial charge in [-0.2, -0.15) is 4.98 Å². The van der Waals surface area contributed by atoms with E-state index in [1.807, 2.05) is 48.5 Å². The number of aryl methyl sites for hydroxylation is 1. The van der Waals surface area contributed by atoms with Crippen LogP contribution in [-0.2, 0) is 17.8 Å². The highest BCUT2D eigenvalue weighted by atomic mass is 16.5. The Bertz CT molecular complexity index is 1050. The molecule has 0 saturated carbocycles. The summed E-state index contributed by atoms with van der Waals surface area (Å²) in [5, 5.41) is 9.18. The van der Waals surface area contributed by atoms with Gasteiger partial charge >= 0.3 is 0 Å². The summed E-state index contributed by atoms with van der Waals surface area (Å²) in [5.74, 6) is 0.880. The number of carbonyl (C=O) groups excluding carboxylic acids is 1. The lowest BCUT2D eigenvalue weighted by atomic mass is 10.0. The van der Waals surface area contributed by atoms with Crippen LogP contribution in [-0.4, -0.2) is 16.0 Å². The van der Waals surface area contributed by atoms with E-state index < -0.39 is 0 Å². The van der Waals surface area contributed by atoms with E-state index in [2.05, 4.69) is 39.7 Å². The first-order valence-electron chi connectivity index (χ1n) is 8.91. The smallest absolute Gasteiger partial charge is 0.246 e. The van der Waals surface area contributed by atoms with Gasteiger partial charge in [0.05, 0.1) is 6.54 Å². The summed E-state index contributed by atoms with van der Waals surface area (Å²) in [6, 6.07) is 24.0. The molecule has 0 spiro atoms. The molecule has 0 saturated heterocycles. The van der Waals surface area contributed by atoms with E-state index in [9.17, 15) is 4.79 Å². The molecule has 5 heteroatoms. The summed E-state index contributed by atoms with van der Waals surface area (Å²) in [6.45, 7) is 0.230. The standard InChI is InChI=1S/C22H19N3O2/c26-20(14-13-17-11-6-10-16-7-4-5-12-19(16)17)23-15-21-24-22(25-27-21)18-8-2-1-3-9-18/h1-12H,13-15H2,(H,23,26). The van der Waals surface area contributed by atoms with Gasteiger partial charge < -0.3 is 9.84 Å². The van der Waals surface area contributed by atoms with E-state index >= 15 is 0 Å². The first kappa shape index (κ1) is 17.0. The number of nitrogens with zero attached hydrogens (tertiary/aromatic N) is 2. The van der Waals surface area contributed by atoms with Crippen molar-refractivity contribution in [2.45, 2.75) is 19.4 Å². The maximum absolute atomic E-state index is 12.2. The molecule has 0 aliphatic rings. The minimum absolute atomic E-state index is 0.0394. The van der Waals surface area contributed by atoms with Gasteiger partial charge in [0.25, 0.3) is 0 Å². The number of amides is 1. The number of nitrogens with one attached hydrogen (secondary N) is 1. The average molecular weight is 357 g/mol. The van der Waals surface area contributed by atoms with E-state index in [0.29, 0.717) is 24.6 Å². The highest BCUT2D eigenvalue weighted by Gasteiger charge is 2.10. The van der Waals surface area contributed by atoms with Gasteiger partial charge in [0.2, 0.25) is 17.6 Å². The second kappa shape index (κ2) is 7.83. The van der Waals surface area contributed by atoms with Crippen molar-refractivity contribution >= 4 is 16.7 Å². The predicted molar refractivity (Wildman–Crippen MR) is 104 cm³/mol. The van der Waals surface area contributed by atoms with Crippen LogP contribution in [0.25, 0.3) is 22.2 Å². The van der Waals surface area contributed by atoms with Crippen molar-refractivity contribution in [3.8, 4) is 11.4 Å². The lowest BCUT2D eigenvalue weighted by molar-refractivity contribution is -0.121. The lowest BCUT2D eigenvalue weighted by Crippen LogP contribution is -2.23. The quantitative estimate of drug-likeness (QED) is 0.563. The van der Waals surface area contributed by atoms with Gasteiger partial charge in [-0.3, -0.25) is 4.79 Å². The third kappa shape index (κ3) is 4.03. The Morgan fingerprint density at radius 3 is 2.59 bits per heavy atom. The molecule has 1 amide bonds. The molecule has 1 heterocycles. The molecular formula is C22H19N3O2. The van der Waals surface area contributed by atoms with Crippen LogP contribution in [0.15, 0.2) is 77.3 Å². The fourth-order valence-corrected chi connectivity index (χ4v) is 3.05. The third-order valence-electron chi connectivity index (χ3n) is 4.44. The van der Waals surface area contributed by atoms with Crippen molar-refractivity contribution in [1.82, 2.24) is 15.5 Å². The number of fused-ring (bicyclic) bond motifs is 1. The molecule has 0 unspecified atom stereocenters. The maximum atomic E-state index is 12.2. The molecule has 0 aliphatic heterocycles. The van der Waals surface area contributed by atoms with Crippen LogP contribution in [0.1, 0.15) is 17.9 Å². The van der Waals surface area contributed by atoms with Gasteiger partial charge in [-0.05, 0) is 22.8 Å². The Balaban J connectivity index is 1.33. The number of carbonyl (C=O) groups is 1. The van der Waals surface area contributed by atoms with Crippen LogP contribution in [0.5, 0.6) is 0 Å². The molecule has 0 fully saturated rings. The molecular weight excluding hydrogens is 338 g/mol. The SMILES string of the molecule is O=C(CCc1cccc2ccccc12)NCc1nc(-c2ccccc2)no1. The Morgan fingerprint density at radius 2 is 1.70 bits per heavy atom. The van der Waals surface area contributed by atoms with Crippen molar-refractivity contribution in [1.29, 1.82) is 0 Å². The van der Waals surface area contributed by atoms with Crippen LogP contribution >= 0.6 is 0 Å². The van der Waals surface area contributed by atoms with Crippen LogP contribution in [0.3, 0.4) is 0 Å². The summed E-state index contributed by atoms with van der Waals surface area (Å²) < 4.78 is 5.21. The van der Waals surface area contributed by atoms with Gasteiger partial charge in [-0.25, -0.2) is 0 Å². The highest BCUT2D eigenvalue weighted by Crippen LogP contribution is 2.19. The third-order valence-corrected chi connectivity index (χ3v) is 4.44. The monoisotopic (exact) mass is 357 g/mol. The van der Waals surface area contributed by atoms with Crippen LogP contribution in [0.4, 0.5) is 0 Å². The summed E-state index contributed by atoms with van der Waals surface area (Å²) >= 11 is 0. The minimum atomic E-state index is -0.0394. The summed E-state index contributed by atoms with van der Waals surface area (Å²) in [4.78, 5) is 16.5. The highest BCUT2D eigenvalue weighted by molar-refractivity contribution is 5.86. The topological polar surface area (TPSA) is 68.0 Å². The zero-order valence-corrected chi connectivity index (χ0v) is 14.8. The minimum Gasteiger partial charge on any atom is -0.347 e. The fraction of sp³-hybridized carbons (Fsp3) is 0.136. The summed E-state index contributed by atoms with van der Waals surface area (Å²) in [6.07, 6.45) is 1.10. The van der Waals surface area contributed by atoms with Crippen molar-refractivity contribution in [2.24, 2.45) is 0 Å². The molecule has 3 aromatic carbocycles. The Labute approximate surface area is 157 Å². The first-order valence-corrected chi connectivity index (χ1v) is 8.91. The van der Waals surface area contributed by atoms with E-state index in [1.54, 1.807) is 0 Å². The van der Waals surface area contributed by atoms with Crippen molar-refractivity contribution in [2.75, 3.05) is 0 Å². The molecule has 27 heavy (non-hydrogen) atoms. The van der Waals surface area contributed by atoms with E-state index in [0.717, 1.165) is 5.56 Å². The number of benzene rings is 3. The second-order valence-electron chi connectivity index (χ2n) is 6.29. The van der Waals surface area contributed by atoms with Gasteiger partial charge in [-0.1, -0.05) is 78.0 Å². The van der Waals surface area contributed by atoms with Crippen molar-refractivity contribution in [3.63, 3.8) is 0 Å². The molecule has 0 atom stereocenters. The van der Waals surface area contributed by atoms with Gasteiger partial charge in [0, 0.05) is 12.0 Å². The van der Waals surface area contributed by atoms with Gasteiger partial charge in [0.1, 0.15) is 0 Å². The second-order valence-corrected chi connectivity index (χ2v) is 6.29. The number of rotatable bonds is 6. The summed E-state index contributed by atoms with van der Waals surface area (Å²) in [7, 11) is 0. The van der Waals surface area contributed by atoms with Gasteiger partial charge in [0.15, 0.2) is 0 Å². The summed E-state index contributed by atoms with van der Waals surface area (Å²) in [5.41, 5.74) is 2.06. The van der Waals surface area contributed by atoms with Crippen LogP contribution < -0.4 is 5.32 Å². The lowest BCUT2D eigenvalue weighted by Gasteiger charge is -2.06. The molecule has 1 aromatic heterocycles. The van der Waals surface area contributed by atoms with E-state index in [1.165, 1.54) is 16.3 Å². The van der Waals surface area contributed by atoms with E-state index in [-0.39, 0.29) is 12.5 Å². The Kier molecular flexibility index (Phi) is 4.92.